The third kappa shape index (κ3) is 3.89. The summed E-state index contributed by atoms with van der Waals surface area (Å²) in [6.45, 7) is -1.19. The monoisotopic (exact) mass is 420 g/mol. The van der Waals surface area contributed by atoms with Crippen LogP contribution in [-0.2, 0) is 19.1 Å². The molecule has 3 aromatic rings. The van der Waals surface area contributed by atoms with Crippen LogP contribution in [0.4, 0.5) is 0 Å². The van der Waals surface area contributed by atoms with Gasteiger partial charge in [-0.3, -0.25) is 4.79 Å². The molecule has 0 fully saturated rings. The third-order valence-corrected chi connectivity index (χ3v) is 9.39. The Labute approximate surface area is 177 Å². The Hall–Kier alpha value is -2.94. The van der Waals surface area contributed by atoms with Gasteiger partial charge in [0.2, 0.25) is 0 Å². The molecule has 0 aliphatic heterocycles. The van der Waals surface area contributed by atoms with Gasteiger partial charge in [-0.15, -0.1) is 0 Å². The zero-order valence-electron chi connectivity index (χ0n) is 17.3. The van der Waals surface area contributed by atoms with Crippen molar-refractivity contribution in [2.45, 2.75) is 13.0 Å². The first-order valence-corrected chi connectivity index (χ1v) is 11.4. The number of rotatable bonds is 7. The molecule has 0 spiro atoms. The van der Waals surface area contributed by atoms with E-state index in [9.17, 15) is 9.59 Å². The van der Waals surface area contributed by atoms with Gasteiger partial charge in [-0.2, -0.15) is 0 Å². The van der Waals surface area contributed by atoms with E-state index < -0.39 is 19.0 Å². The SMILES string of the molecule is COC(=O)C(C(=O)C(C)OC)=P(c1ccccc1)(c1ccccc1)c1ccccc1. The summed E-state index contributed by atoms with van der Waals surface area (Å²) in [4.78, 5) is 26.8. The molecule has 3 rings (SSSR count). The molecule has 5 heteroatoms. The highest BCUT2D eigenvalue weighted by Crippen LogP contribution is 2.46. The van der Waals surface area contributed by atoms with Gasteiger partial charge in [0.05, 0.1) is 7.11 Å². The zero-order valence-corrected chi connectivity index (χ0v) is 18.2. The maximum absolute atomic E-state index is 13.6. The van der Waals surface area contributed by atoms with Crippen LogP contribution in [-0.4, -0.2) is 37.4 Å². The number of ether oxygens (including phenoxy) is 2. The molecule has 1 atom stereocenters. The van der Waals surface area contributed by atoms with Crippen molar-refractivity contribution in [1.82, 2.24) is 0 Å². The van der Waals surface area contributed by atoms with Gasteiger partial charge < -0.3 is 9.47 Å². The van der Waals surface area contributed by atoms with Crippen LogP contribution >= 0.6 is 6.89 Å². The van der Waals surface area contributed by atoms with E-state index in [1.807, 2.05) is 91.0 Å². The summed E-state index contributed by atoms with van der Waals surface area (Å²) in [6, 6.07) is 29.2. The Morgan fingerprint density at radius 3 is 1.37 bits per heavy atom. The summed E-state index contributed by atoms with van der Waals surface area (Å²) in [5.41, 5.74) is 0. The second-order valence-corrected chi connectivity index (χ2v) is 10.1. The molecule has 0 N–H and O–H groups in total. The first kappa shape index (κ1) is 21.8. The predicted molar refractivity (Wildman–Crippen MR) is 124 cm³/mol. The molecule has 1 unspecified atom stereocenters. The van der Waals surface area contributed by atoms with Crippen LogP contribution in [0.15, 0.2) is 91.0 Å². The van der Waals surface area contributed by atoms with Crippen molar-refractivity contribution >= 4 is 39.8 Å². The van der Waals surface area contributed by atoms with E-state index in [-0.39, 0.29) is 11.1 Å². The number of carbonyl (C=O) groups excluding carboxylic acids is 2. The van der Waals surface area contributed by atoms with Crippen molar-refractivity contribution < 1.29 is 19.1 Å². The molecular formula is C25H25O4P. The van der Waals surface area contributed by atoms with Crippen molar-refractivity contribution in [3.05, 3.63) is 91.0 Å². The minimum absolute atomic E-state index is 0.128. The van der Waals surface area contributed by atoms with E-state index in [4.69, 9.17) is 9.47 Å². The number of ketones is 1. The quantitative estimate of drug-likeness (QED) is 0.335. The van der Waals surface area contributed by atoms with Gasteiger partial charge in [0, 0.05) is 7.11 Å². The summed E-state index contributed by atoms with van der Waals surface area (Å²) in [5, 5.41) is 2.83. The minimum atomic E-state index is -2.85. The van der Waals surface area contributed by atoms with Gasteiger partial charge in [0.15, 0.2) is 5.78 Å². The molecule has 0 amide bonds. The van der Waals surface area contributed by atoms with Crippen molar-refractivity contribution in [3.8, 4) is 0 Å². The van der Waals surface area contributed by atoms with E-state index in [2.05, 4.69) is 0 Å². The van der Waals surface area contributed by atoms with Gasteiger partial charge >= 0.3 is 5.97 Å². The van der Waals surface area contributed by atoms with E-state index in [1.54, 1.807) is 6.92 Å². The van der Waals surface area contributed by atoms with Crippen LogP contribution in [0.25, 0.3) is 0 Å². The maximum atomic E-state index is 13.6. The average molecular weight is 420 g/mol. The molecule has 0 saturated heterocycles. The Kier molecular flexibility index (Phi) is 7.04. The van der Waals surface area contributed by atoms with Crippen molar-refractivity contribution in [3.63, 3.8) is 0 Å². The lowest BCUT2D eigenvalue weighted by Crippen LogP contribution is -2.41. The van der Waals surface area contributed by atoms with Gasteiger partial charge in [-0.05, 0) is 29.7 Å². The first-order chi connectivity index (χ1) is 14.6. The fraction of sp³-hybridized carbons (Fsp3) is 0.160. The molecule has 3 aromatic carbocycles. The van der Waals surface area contributed by atoms with Crippen LogP contribution in [0.5, 0.6) is 0 Å². The molecule has 0 aliphatic carbocycles. The number of Topliss-reactive ketones (excluding diaryl/α,β-unsaturated/α-hetero) is 1. The van der Waals surface area contributed by atoms with Crippen molar-refractivity contribution in [1.29, 1.82) is 0 Å². The minimum Gasteiger partial charge on any atom is -0.465 e. The normalized spacial score (nSPS) is 12.1. The standard InChI is InChI=1S/C25H25O4P/c1-19(28-2)23(26)24(25(27)29-3)30(20-13-7-4-8-14-20,21-15-9-5-10-16-21)22-17-11-6-12-18-22/h4-19H,1-3H3. The molecular weight excluding hydrogens is 395 g/mol. The van der Waals surface area contributed by atoms with E-state index in [0.717, 1.165) is 15.9 Å². The molecule has 4 nitrogen and oxygen atoms in total. The fourth-order valence-electron chi connectivity index (χ4n) is 3.59. The molecule has 0 radical (unpaired) electrons. The zero-order chi connectivity index (χ0) is 21.6. The summed E-state index contributed by atoms with van der Waals surface area (Å²) in [6.07, 6.45) is -0.783. The maximum Gasteiger partial charge on any atom is 0.342 e. The molecule has 0 bridgehead atoms. The number of benzene rings is 3. The van der Waals surface area contributed by atoms with E-state index >= 15 is 0 Å². The highest BCUT2D eigenvalue weighted by molar-refractivity contribution is 7.97. The first-order valence-electron chi connectivity index (χ1n) is 9.66. The van der Waals surface area contributed by atoms with Crippen molar-refractivity contribution in [2.24, 2.45) is 0 Å². The fourth-order valence-corrected chi connectivity index (χ4v) is 7.99. The molecule has 0 aliphatic rings. The van der Waals surface area contributed by atoms with Gasteiger partial charge in [-0.1, -0.05) is 91.0 Å². The Morgan fingerprint density at radius 2 is 1.07 bits per heavy atom. The smallest absolute Gasteiger partial charge is 0.342 e. The summed E-state index contributed by atoms with van der Waals surface area (Å²) < 4.78 is 10.5. The summed E-state index contributed by atoms with van der Waals surface area (Å²) in [7, 11) is 2.77. The topological polar surface area (TPSA) is 52.6 Å². The second kappa shape index (κ2) is 9.71. The average Bonchev–Trinajstić information content (AvgIpc) is 2.82. The van der Waals surface area contributed by atoms with Crippen LogP contribution in [0.2, 0.25) is 0 Å². The van der Waals surface area contributed by atoms with Gasteiger partial charge in [0.25, 0.3) is 0 Å². The lowest BCUT2D eigenvalue weighted by molar-refractivity contribution is -0.134. The molecule has 0 saturated carbocycles. The summed E-state index contributed by atoms with van der Waals surface area (Å²) >= 11 is 0. The van der Waals surface area contributed by atoms with Crippen molar-refractivity contribution in [2.75, 3.05) is 14.2 Å². The largest absolute Gasteiger partial charge is 0.465 e. The van der Waals surface area contributed by atoms with E-state index in [0.29, 0.717) is 0 Å². The number of methoxy groups -OCH3 is 2. The third-order valence-electron chi connectivity index (χ3n) is 5.10. The number of hydrogen-bond donors (Lipinski definition) is 0. The predicted octanol–water partition coefficient (Wildman–Crippen LogP) is 2.93. The number of carbonyl (C=O) groups is 2. The second-order valence-electron chi connectivity index (χ2n) is 6.76. The van der Waals surface area contributed by atoms with Gasteiger partial charge in [0.1, 0.15) is 11.4 Å². The highest BCUT2D eigenvalue weighted by Gasteiger charge is 2.38. The molecule has 30 heavy (non-hydrogen) atoms. The Morgan fingerprint density at radius 1 is 0.700 bits per heavy atom. The summed E-state index contributed by atoms with van der Waals surface area (Å²) in [5.74, 6) is -0.997. The lowest BCUT2D eigenvalue weighted by Gasteiger charge is -2.31. The van der Waals surface area contributed by atoms with Gasteiger partial charge in [-0.25, -0.2) is 4.79 Å². The van der Waals surface area contributed by atoms with Crippen LogP contribution in [0.3, 0.4) is 0 Å². The van der Waals surface area contributed by atoms with Crippen LogP contribution in [0.1, 0.15) is 6.92 Å². The molecule has 154 valence electrons. The highest BCUT2D eigenvalue weighted by atomic mass is 31.2. The Bertz CT molecular complexity index is 957. The van der Waals surface area contributed by atoms with E-state index in [1.165, 1.54) is 14.2 Å². The molecule has 0 aromatic heterocycles. The molecule has 0 heterocycles. The Balaban J connectivity index is 2.64. The van der Waals surface area contributed by atoms with Crippen LogP contribution < -0.4 is 15.9 Å². The lowest BCUT2D eigenvalue weighted by atomic mass is 10.2. The number of esters is 1. The van der Waals surface area contributed by atoms with Crippen LogP contribution in [0, 0.1) is 0 Å². The number of hydrogen-bond acceptors (Lipinski definition) is 4.